The molecule has 0 atom stereocenters. The van der Waals surface area contributed by atoms with Crippen LogP contribution in [-0.4, -0.2) is 23.1 Å². The molecule has 2 heteroatoms. The Bertz CT molecular complexity index is 452. The van der Waals surface area contributed by atoms with Crippen molar-refractivity contribution in [1.29, 1.82) is 0 Å². The molecule has 0 spiro atoms. The van der Waals surface area contributed by atoms with Crippen LogP contribution in [0.2, 0.25) is 0 Å². The molecule has 0 saturated heterocycles. The number of phenols is 1. The first-order valence-corrected chi connectivity index (χ1v) is 8.84. The normalized spacial score (nSPS) is 12.1. The zero-order chi connectivity index (χ0) is 16.8. The van der Waals surface area contributed by atoms with Crippen LogP contribution >= 0.6 is 0 Å². The first kappa shape index (κ1) is 19.0. The van der Waals surface area contributed by atoms with E-state index < -0.39 is 0 Å². The molecule has 0 aliphatic heterocycles. The summed E-state index contributed by atoms with van der Waals surface area (Å²) in [7, 11) is 0. The number of nitrogens with zero attached hydrogens (tertiary/aromatic N) is 1. The number of aromatic hydroxyl groups is 1. The summed E-state index contributed by atoms with van der Waals surface area (Å²) in [6, 6.07) is 4.27. The van der Waals surface area contributed by atoms with Gasteiger partial charge < -0.3 is 5.11 Å². The molecule has 0 unspecified atom stereocenters. The maximum atomic E-state index is 10.7. The van der Waals surface area contributed by atoms with Crippen LogP contribution in [0, 0.1) is 6.92 Å². The molecule has 2 nitrogen and oxygen atoms in total. The van der Waals surface area contributed by atoms with Crippen molar-refractivity contribution < 1.29 is 5.11 Å². The Labute approximate surface area is 137 Å². The van der Waals surface area contributed by atoms with E-state index in [1.165, 1.54) is 31.2 Å². The minimum atomic E-state index is -0.0253. The van der Waals surface area contributed by atoms with Crippen molar-refractivity contribution in [3.63, 3.8) is 0 Å². The summed E-state index contributed by atoms with van der Waals surface area (Å²) < 4.78 is 0. The molecule has 0 aromatic heterocycles. The number of phenolic OH excluding ortho intramolecular Hbond substituents is 1. The average Bonchev–Trinajstić information content (AvgIpc) is 2.43. The Morgan fingerprint density at radius 3 is 2.00 bits per heavy atom. The third-order valence-corrected chi connectivity index (χ3v) is 4.19. The number of unbranched alkanes of at least 4 members (excludes halogenated alkanes) is 2. The average molecular weight is 306 g/mol. The van der Waals surface area contributed by atoms with Gasteiger partial charge in [0, 0.05) is 12.1 Å². The second-order valence-electron chi connectivity index (χ2n) is 7.55. The predicted octanol–water partition coefficient (Wildman–Crippen LogP) is 5.40. The minimum Gasteiger partial charge on any atom is -0.507 e. The van der Waals surface area contributed by atoms with Gasteiger partial charge in [0.05, 0.1) is 0 Å². The second-order valence-corrected chi connectivity index (χ2v) is 7.55. The van der Waals surface area contributed by atoms with Gasteiger partial charge in [0.15, 0.2) is 0 Å². The van der Waals surface area contributed by atoms with Crippen molar-refractivity contribution >= 4 is 0 Å². The highest BCUT2D eigenvalue weighted by atomic mass is 16.3. The molecule has 0 bridgehead atoms. The summed E-state index contributed by atoms with van der Waals surface area (Å²) in [5.74, 6) is 0.496. The van der Waals surface area contributed by atoms with Crippen LogP contribution in [0.15, 0.2) is 12.1 Å². The Balaban J connectivity index is 3.00. The van der Waals surface area contributed by atoms with E-state index in [0.29, 0.717) is 5.75 Å². The molecular formula is C20H35NO. The van der Waals surface area contributed by atoms with Gasteiger partial charge >= 0.3 is 0 Å². The fourth-order valence-electron chi connectivity index (χ4n) is 2.82. The monoisotopic (exact) mass is 305 g/mol. The van der Waals surface area contributed by atoms with E-state index in [4.69, 9.17) is 0 Å². The number of aryl methyl sites for hydroxylation is 1. The maximum absolute atomic E-state index is 10.7. The second kappa shape index (κ2) is 8.57. The molecule has 1 N–H and O–H groups in total. The van der Waals surface area contributed by atoms with E-state index >= 15 is 0 Å². The van der Waals surface area contributed by atoms with E-state index in [2.05, 4.69) is 58.6 Å². The lowest BCUT2D eigenvalue weighted by atomic mass is 9.84. The molecule has 1 aromatic rings. The lowest BCUT2D eigenvalue weighted by Gasteiger charge is -2.26. The summed E-state index contributed by atoms with van der Waals surface area (Å²) >= 11 is 0. The maximum Gasteiger partial charge on any atom is 0.123 e. The zero-order valence-corrected chi connectivity index (χ0v) is 15.5. The lowest BCUT2D eigenvalue weighted by molar-refractivity contribution is 0.253. The Kier molecular flexibility index (Phi) is 7.41. The standard InChI is InChI=1S/C20H35NO/c1-7-9-11-21(12-10-8-2)15-17-13-16(3)14-18(19(17)22)20(4,5)6/h13-14,22H,7-12,15H2,1-6H3. The number of rotatable bonds is 8. The molecule has 0 saturated carbocycles. The van der Waals surface area contributed by atoms with Crippen LogP contribution in [0.4, 0.5) is 0 Å². The first-order valence-electron chi connectivity index (χ1n) is 8.84. The van der Waals surface area contributed by atoms with Crippen LogP contribution in [0.3, 0.4) is 0 Å². The van der Waals surface area contributed by atoms with Crippen molar-refractivity contribution in [3.05, 3.63) is 28.8 Å². The van der Waals surface area contributed by atoms with E-state index in [1.54, 1.807) is 0 Å². The number of hydrogen-bond acceptors (Lipinski definition) is 2. The van der Waals surface area contributed by atoms with Crippen LogP contribution in [0.1, 0.15) is 77.0 Å². The van der Waals surface area contributed by atoms with Gasteiger partial charge in [-0.15, -0.1) is 0 Å². The van der Waals surface area contributed by atoms with Crippen molar-refractivity contribution in [1.82, 2.24) is 4.90 Å². The quantitative estimate of drug-likeness (QED) is 0.695. The third kappa shape index (κ3) is 5.64. The Morgan fingerprint density at radius 2 is 1.55 bits per heavy atom. The molecule has 0 heterocycles. The van der Waals surface area contributed by atoms with E-state index in [1.807, 2.05) is 0 Å². The molecule has 1 aromatic carbocycles. The van der Waals surface area contributed by atoms with Gasteiger partial charge in [0.1, 0.15) is 5.75 Å². The van der Waals surface area contributed by atoms with Crippen molar-refractivity contribution in [2.75, 3.05) is 13.1 Å². The van der Waals surface area contributed by atoms with Gasteiger partial charge in [-0.25, -0.2) is 0 Å². The van der Waals surface area contributed by atoms with E-state index in [0.717, 1.165) is 30.8 Å². The highest BCUT2D eigenvalue weighted by Crippen LogP contribution is 2.35. The molecule has 0 aliphatic rings. The highest BCUT2D eigenvalue weighted by Gasteiger charge is 2.21. The smallest absolute Gasteiger partial charge is 0.123 e. The molecule has 0 fully saturated rings. The van der Waals surface area contributed by atoms with E-state index in [9.17, 15) is 5.11 Å². The number of benzene rings is 1. The van der Waals surface area contributed by atoms with Gasteiger partial charge in [-0.05, 0) is 43.8 Å². The van der Waals surface area contributed by atoms with Gasteiger partial charge in [-0.1, -0.05) is 65.2 Å². The van der Waals surface area contributed by atoms with Gasteiger partial charge in [-0.2, -0.15) is 0 Å². The zero-order valence-electron chi connectivity index (χ0n) is 15.5. The van der Waals surface area contributed by atoms with Gasteiger partial charge in [0.2, 0.25) is 0 Å². The van der Waals surface area contributed by atoms with Crippen molar-refractivity contribution in [2.24, 2.45) is 0 Å². The van der Waals surface area contributed by atoms with Crippen LogP contribution in [0.5, 0.6) is 5.75 Å². The third-order valence-electron chi connectivity index (χ3n) is 4.19. The van der Waals surface area contributed by atoms with E-state index in [-0.39, 0.29) is 5.41 Å². The van der Waals surface area contributed by atoms with Gasteiger partial charge in [-0.3, -0.25) is 4.90 Å². The van der Waals surface area contributed by atoms with Crippen LogP contribution in [0.25, 0.3) is 0 Å². The summed E-state index contributed by atoms with van der Waals surface area (Å²) in [4.78, 5) is 2.49. The Hall–Kier alpha value is -1.02. The molecule has 0 aliphatic carbocycles. The molecular weight excluding hydrogens is 270 g/mol. The van der Waals surface area contributed by atoms with Crippen molar-refractivity contribution in [3.8, 4) is 5.75 Å². The summed E-state index contributed by atoms with van der Waals surface area (Å²) in [6.45, 7) is 16.2. The lowest BCUT2D eigenvalue weighted by Crippen LogP contribution is -2.26. The summed E-state index contributed by atoms with van der Waals surface area (Å²) in [5.41, 5.74) is 3.36. The van der Waals surface area contributed by atoms with Crippen molar-refractivity contribution in [2.45, 2.75) is 79.2 Å². The number of hydrogen-bond donors (Lipinski definition) is 1. The highest BCUT2D eigenvalue weighted by molar-refractivity contribution is 5.46. The van der Waals surface area contributed by atoms with Crippen LogP contribution in [-0.2, 0) is 12.0 Å². The van der Waals surface area contributed by atoms with Gasteiger partial charge in [0.25, 0.3) is 0 Å². The largest absolute Gasteiger partial charge is 0.507 e. The summed E-state index contributed by atoms with van der Waals surface area (Å²) in [5, 5.41) is 10.7. The SMILES string of the molecule is CCCCN(CCCC)Cc1cc(C)cc(C(C)(C)C)c1O. The summed E-state index contributed by atoms with van der Waals surface area (Å²) in [6.07, 6.45) is 4.89. The fourth-order valence-corrected chi connectivity index (χ4v) is 2.82. The topological polar surface area (TPSA) is 23.5 Å². The molecule has 126 valence electrons. The minimum absolute atomic E-state index is 0.0253. The Morgan fingerprint density at radius 1 is 1.00 bits per heavy atom. The molecule has 1 rings (SSSR count). The van der Waals surface area contributed by atoms with Crippen LogP contribution < -0.4 is 0 Å². The fraction of sp³-hybridized carbons (Fsp3) is 0.700. The molecule has 0 radical (unpaired) electrons. The molecule has 0 amide bonds. The molecule has 22 heavy (non-hydrogen) atoms. The first-order chi connectivity index (χ1) is 10.3. The predicted molar refractivity (Wildman–Crippen MR) is 96.6 cm³/mol.